The van der Waals surface area contributed by atoms with Gasteiger partial charge in [-0.1, -0.05) is 23.7 Å². The average molecular weight is 294 g/mol. The molecule has 0 spiro atoms. The van der Waals surface area contributed by atoms with E-state index in [0.717, 1.165) is 0 Å². The highest BCUT2D eigenvalue weighted by Crippen LogP contribution is 2.40. The van der Waals surface area contributed by atoms with E-state index < -0.39 is 23.6 Å². The first kappa shape index (κ1) is 14.3. The van der Waals surface area contributed by atoms with Gasteiger partial charge in [0.25, 0.3) is 5.92 Å². The zero-order valence-corrected chi connectivity index (χ0v) is 11.2. The number of hydrogen-bond acceptors (Lipinski definition) is 3. The summed E-state index contributed by atoms with van der Waals surface area (Å²) in [5.41, 5.74) is -0.0561. The minimum Gasteiger partial charge on any atom is -0.374 e. The number of benzene rings is 1. The number of nitrogens with zero attached hydrogens (tertiary/aromatic N) is 2. The molecule has 1 aromatic rings. The summed E-state index contributed by atoms with van der Waals surface area (Å²) in [4.78, 5) is 0. The first-order chi connectivity index (χ1) is 9.38. The zero-order chi connectivity index (χ0) is 14.9. The largest absolute Gasteiger partial charge is 0.374 e. The molecular weight excluding hydrogens is 284 g/mol. The molecule has 1 aliphatic heterocycles. The second-order valence-corrected chi connectivity index (χ2v) is 5.01. The third-order valence-electron chi connectivity index (χ3n) is 3.14. The molecule has 2 rings (SSSR count). The number of nitriles is 2. The predicted octanol–water partition coefficient (Wildman–Crippen LogP) is 3.56. The number of halogens is 3. The minimum atomic E-state index is -3.19. The molecule has 1 aliphatic rings. The van der Waals surface area contributed by atoms with Crippen molar-refractivity contribution in [3.05, 3.63) is 46.1 Å². The number of alkyl halides is 2. The monoisotopic (exact) mass is 293 g/mol. The molecule has 1 heterocycles. The molecule has 0 aromatic heterocycles. The van der Waals surface area contributed by atoms with Gasteiger partial charge in [0.2, 0.25) is 0 Å². The lowest BCUT2D eigenvalue weighted by Crippen LogP contribution is -2.27. The van der Waals surface area contributed by atoms with Crippen LogP contribution in [0.15, 0.2) is 35.5 Å². The Balaban J connectivity index is 2.44. The fourth-order valence-electron chi connectivity index (χ4n) is 2.21. The highest BCUT2D eigenvalue weighted by molar-refractivity contribution is 6.30. The van der Waals surface area contributed by atoms with Crippen LogP contribution in [0.4, 0.5) is 8.78 Å². The molecule has 0 fully saturated rings. The smallest absolute Gasteiger partial charge is 0.285 e. The van der Waals surface area contributed by atoms with Crippen molar-refractivity contribution < 1.29 is 8.78 Å². The minimum absolute atomic E-state index is 0.208. The van der Waals surface area contributed by atoms with E-state index in [2.05, 4.69) is 5.32 Å². The molecule has 3 nitrogen and oxygen atoms in total. The van der Waals surface area contributed by atoms with Gasteiger partial charge in [0, 0.05) is 11.9 Å². The van der Waals surface area contributed by atoms with Crippen LogP contribution < -0.4 is 5.32 Å². The van der Waals surface area contributed by atoms with Crippen LogP contribution in [0.5, 0.6) is 0 Å². The van der Waals surface area contributed by atoms with Crippen LogP contribution in [0.3, 0.4) is 0 Å². The summed E-state index contributed by atoms with van der Waals surface area (Å²) in [6, 6.07) is 9.49. The van der Waals surface area contributed by atoms with Crippen molar-refractivity contribution in [2.75, 3.05) is 0 Å². The van der Waals surface area contributed by atoms with Crippen molar-refractivity contribution in [2.45, 2.75) is 18.9 Å². The quantitative estimate of drug-likeness (QED) is 0.907. The van der Waals surface area contributed by atoms with Crippen LogP contribution in [-0.4, -0.2) is 5.92 Å². The van der Waals surface area contributed by atoms with Gasteiger partial charge in [-0.3, -0.25) is 0 Å². The van der Waals surface area contributed by atoms with E-state index in [1.54, 1.807) is 30.3 Å². The van der Waals surface area contributed by atoms with Crippen molar-refractivity contribution in [1.29, 1.82) is 10.5 Å². The zero-order valence-electron chi connectivity index (χ0n) is 10.5. The second-order valence-electron chi connectivity index (χ2n) is 4.57. The Labute approximate surface area is 120 Å². The number of nitrogens with one attached hydrogen (secondary N) is 1. The standard InChI is InChI=1S/C14H10ClF2N3/c1-14(16,17)13-11(7-19)10(6-18)12(20-13)8-2-4-9(15)5-3-8/h2-5,10,12,20H,1H3. The van der Waals surface area contributed by atoms with Gasteiger partial charge in [-0.2, -0.15) is 19.3 Å². The van der Waals surface area contributed by atoms with Gasteiger partial charge in [0.15, 0.2) is 0 Å². The Hall–Kier alpha value is -2.11. The maximum absolute atomic E-state index is 13.5. The molecule has 0 radical (unpaired) electrons. The molecule has 2 atom stereocenters. The van der Waals surface area contributed by atoms with Crippen molar-refractivity contribution in [1.82, 2.24) is 5.32 Å². The summed E-state index contributed by atoms with van der Waals surface area (Å²) in [5.74, 6) is -4.14. The summed E-state index contributed by atoms with van der Waals surface area (Å²) in [6.07, 6.45) is 0. The van der Waals surface area contributed by atoms with Crippen LogP contribution in [-0.2, 0) is 0 Å². The normalized spacial score (nSPS) is 22.1. The van der Waals surface area contributed by atoms with Gasteiger partial charge in [-0.05, 0) is 17.7 Å². The van der Waals surface area contributed by atoms with Crippen LogP contribution in [0.1, 0.15) is 18.5 Å². The van der Waals surface area contributed by atoms with Gasteiger partial charge < -0.3 is 5.32 Å². The topological polar surface area (TPSA) is 59.6 Å². The average Bonchev–Trinajstić information content (AvgIpc) is 2.77. The molecule has 0 saturated heterocycles. The van der Waals surface area contributed by atoms with E-state index in [-0.39, 0.29) is 5.57 Å². The van der Waals surface area contributed by atoms with Gasteiger partial charge in [-0.15, -0.1) is 0 Å². The fourth-order valence-corrected chi connectivity index (χ4v) is 2.34. The number of allylic oxidation sites excluding steroid dienone is 1. The van der Waals surface area contributed by atoms with E-state index in [4.69, 9.17) is 16.9 Å². The first-order valence-electron chi connectivity index (χ1n) is 5.82. The highest BCUT2D eigenvalue weighted by atomic mass is 35.5. The van der Waals surface area contributed by atoms with E-state index in [1.807, 2.05) is 6.07 Å². The fraction of sp³-hybridized carbons (Fsp3) is 0.286. The van der Waals surface area contributed by atoms with Gasteiger partial charge in [0.1, 0.15) is 5.92 Å². The molecule has 2 unspecified atom stereocenters. The molecule has 1 N–H and O–H groups in total. The molecule has 6 heteroatoms. The summed E-state index contributed by atoms with van der Waals surface area (Å²) in [6.45, 7) is 0.700. The van der Waals surface area contributed by atoms with Crippen molar-refractivity contribution in [3.8, 4) is 12.1 Å². The van der Waals surface area contributed by atoms with Crippen molar-refractivity contribution in [2.24, 2.45) is 5.92 Å². The number of hydrogen-bond donors (Lipinski definition) is 1. The summed E-state index contributed by atoms with van der Waals surface area (Å²) < 4.78 is 27.1. The molecule has 0 bridgehead atoms. The van der Waals surface area contributed by atoms with Crippen LogP contribution in [0, 0.1) is 28.6 Å². The maximum Gasteiger partial charge on any atom is 0.285 e. The van der Waals surface area contributed by atoms with E-state index in [1.165, 1.54) is 0 Å². The Bertz CT molecular complexity index is 632. The second kappa shape index (κ2) is 5.11. The maximum atomic E-state index is 13.5. The van der Waals surface area contributed by atoms with Crippen LogP contribution in [0.25, 0.3) is 0 Å². The Kier molecular flexibility index (Phi) is 3.65. The molecule has 0 amide bonds. The Morgan fingerprint density at radius 2 is 1.85 bits per heavy atom. The molecule has 0 saturated carbocycles. The molecule has 102 valence electrons. The molecular formula is C14H10ClF2N3. The van der Waals surface area contributed by atoms with Crippen molar-refractivity contribution in [3.63, 3.8) is 0 Å². The third-order valence-corrected chi connectivity index (χ3v) is 3.39. The Morgan fingerprint density at radius 3 is 2.30 bits per heavy atom. The predicted molar refractivity (Wildman–Crippen MR) is 69.7 cm³/mol. The third kappa shape index (κ3) is 2.45. The lowest BCUT2D eigenvalue weighted by molar-refractivity contribution is 0.0556. The van der Waals surface area contributed by atoms with Gasteiger partial charge >= 0.3 is 0 Å². The Morgan fingerprint density at radius 1 is 1.25 bits per heavy atom. The lowest BCUT2D eigenvalue weighted by Gasteiger charge is -2.18. The SMILES string of the molecule is CC(F)(F)C1=C(C#N)C(C#N)C(c2ccc(Cl)cc2)N1. The summed E-state index contributed by atoms with van der Waals surface area (Å²) in [5, 5.41) is 21.4. The first-order valence-corrected chi connectivity index (χ1v) is 6.20. The summed E-state index contributed by atoms with van der Waals surface area (Å²) in [7, 11) is 0. The molecule has 0 aliphatic carbocycles. The number of rotatable bonds is 2. The van der Waals surface area contributed by atoms with Gasteiger partial charge in [0.05, 0.1) is 29.5 Å². The van der Waals surface area contributed by atoms with E-state index >= 15 is 0 Å². The van der Waals surface area contributed by atoms with Gasteiger partial charge in [-0.25, -0.2) is 0 Å². The summed E-state index contributed by atoms with van der Waals surface area (Å²) >= 11 is 5.78. The van der Waals surface area contributed by atoms with Crippen LogP contribution in [0.2, 0.25) is 5.02 Å². The van der Waals surface area contributed by atoms with Crippen LogP contribution >= 0.6 is 11.6 Å². The van der Waals surface area contributed by atoms with Crippen molar-refractivity contribution >= 4 is 11.6 Å². The molecule has 1 aromatic carbocycles. The van der Waals surface area contributed by atoms with E-state index in [9.17, 15) is 14.0 Å². The lowest BCUT2D eigenvalue weighted by atomic mass is 9.91. The molecule has 20 heavy (non-hydrogen) atoms. The highest BCUT2D eigenvalue weighted by Gasteiger charge is 2.44. The van der Waals surface area contributed by atoms with E-state index in [0.29, 0.717) is 17.5 Å².